The van der Waals surface area contributed by atoms with Crippen molar-refractivity contribution in [1.29, 1.82) is 0 Å². The van der Waals surface area contributed by atoms with Crippen LogP contribution in [0.25, 0.3) is 0 Å². The highest BCUT2D eigenvalue weighted by Gasteiger charge is 2.18. The number of amides is 1. The van der Waals surface area contributed by atoms with E-state index >= 15 is 0 Å². The number of hydrogen-bond donors (Lipinski definition) is 2. The van der Waals surface area contributed by atoms with E-state index in [1.165, 1.54) is 6.92 Å². The number of nitrogens with one attached hydrogen (secondary N) is 2. The van der Waals surface area contributed by atoms with E-state index in [4.69, 9.17) is 9.47 Å². The molecule has 0 fully saturated rings. The van der Waals surface area contributed by atoms with Crippen LogP contribution in [0.15, 0.2) is 104 Å². The Morgan fingerprint density at radius 3 is 1.83 bits per heavy atom. The summed E-state index contributed by atoms with van der Waals surface area (Å²) in [4.78, 5) is 50.9. The molecule has 0 saturated carbocycles. The number of ketones is 2. The molecule has 0 saturated heterocycles. The van der Waals surface area contributed by atoms with Crippen LogP contribution in [0.5, 0.6) is 11.5 Å². The minimum atomic E-state index is -0.548. The summed E-state index contributed by atoms with van der Waals surface area (Å²) in [5.74, 6) is 1.02. The molecule has 2 atom stereocenters. The van der Waals surface area contributed by atoms with Crippen LogP contribution in [0.2, 0.25) is 0 Å². The van der Waals surface area contributed by atoms with E-state index in [9.17, 15) is 19.2 Å². The van der Waals surface area contributed by atoms with Crippen LogP contribution in [-0.4, -0.2) is 48.0 Å². The Bertz CT molecular complexity index is 1580. The molecular formula is C40H46N2O6. The van der Waals surface area contributed by atoms with Crippen LogP contribution < -0.4 is 14.8 Å². The van der Waals surface area contributed by atoms with Gasteiger partial charge >= 0.3 is 0 Å². The van der Waals surface area contributed by atoms with Crippen molar-refractivity contribution in [1.82, 2.24) is 10.3 Å². The lowest BCUT2D eigenvalue weighted by Gasteiger charge is -2.17. The lowest BCUT2D eigenvalue weighted by molar-refractivity contribution is -0.127. The van der Waals surface area contributed by atoms with Crippen molar-refractivity contribution in [2.75, 3.05) is 13.2 Å². The molecule has 0 aliphatic heterocycles. The van der Waals surface area contributed by atoms with Gasteiger partial charge in [-0.05, 0) is 85.2 Å². The topological polar surface area (TPSA) is 115 Å². The highest BCUT2D eigenvalue weighted by atomic mass is 16.5. The van der Waals surface area contributed by atoms with Gasteiger partial charge in [-0.2, -0.15) is 0 Å². The largest absolute Gasteiger partial charge is 0.494 e. The quantitative estimate of drug-likeness (QED) is 0.0481. The summed E-state index contributed by atoms with van der Waals surface area (Å²) in [6.45, 7) is 10.5. The molecule has 2 N–H and O–H groups in total. The summed E-state index contributed by atoms with van der Waals surface area (Å²) in [6, 6.07) is 27.9. The van der Waals surface area contributed by atoms with Crippen LogP contribution in [0.3, 0.4) is 0 Å². The van der Waals surface area contributed by atoms with Crippen LogP contribution in [0.1, 0.15) is 70.8 Å². The van der Waals surface area contributed by atoms with Crippen LogP contribution in [0, 0.1) is 5.92 Å². The lowest BCUT2D eigenvalue weighted by Crippen LogP contribution is -2.41. The van der Waals surface area contributed by atoms with Gasteiger partial charge in [0.25, 0.3) is 0 Å². The predicted molar refractivity (Wildman–Crippen MR) is 189 cm³/mol. The number of carbonyl (C=O) groups excluding carboxylic acids is 4. The number of rotatable bonds is 19. The minimum Gasteiger partial charge on any atom is -0.494 e. The summed E-state index contributed by atoms with van der Waals surface area (Å²) in [5.41, 5.74) is 3.98. The first-order chi connectivity index (χ1) is 23.3. The first kappa shape index (κ1) is 37.2. The number of Topliss-reactive ketones (excluding diaryl/α,β-unsaturated/α-hetero) is 2. The van der Waals surface area contributed by atoms with Gasteiger partial charge < -0.3 is 24.6 Å². The minimum absolute atomic E-state index is 0.0231. The Kier molecular flexibility index (Phi) is 15.6. The average Bonchev–Trinajstić information content (AvgIpc) is 3.62. The number of benzene rings is 3. The zero-order valence-electron chi connectivity index (χ0n) is 27.9. The lowest BCUT2D eigenvalue weighted by atomic mass is 9.99. The highest BCUT2D eigenvalue weighted by Crippen LogP contribution is 2.18. The summed E-state index contributed by atoms with van der Waals surface area (Å²) in [5, 5.41) is 2.86. The first-order valence-corrected chi connectivity index (χ1v) is 16.3. The monoisotopic (exact) mass is 650 g/mol. The van der Waals surface area contributed by atoms with Gasteiger partial charge in [-0.1, -0.05) is 61.5 Å². The van der Waals surface area contributed by atoms with E-state index in [1.54, 1.807) is 12.1 Å². The second kappa shape index (κ2) is 20.1. The number of aldehydes is 1. The van der Waals surface area contributed by atoms with Gasteiger partial charge in [-0.3, -0.25) is 14.4 Å². The van der Waals surface area contributed by atoms with Gasteiger partial charge in [0.15, 0.2) is 11.6 Å². The average molecular weight is 651 g/mol. The molecule has 0 radical (unpaired) electrons. The van der Waals surface area contributed by atoms with Gasteiger partial charge in [0.2, 0.25) is 5.91 Å². The number of aryl methyl sites for hydroxylation is 1. The molecule has 4 rings (SSSR count). The van der Waals surface area contributed by atoms with Gasteiger partial charge in [0.05, 0.1) is 30.6 Å². The number of H-pyrrole nitrogens is 1. The summed E-state index contributed by atoms with van der Waals surface area (Å²) in [6.07, 6.45) is 4.47. The maximum absolute atomic E-state index is 12.7. The molecule has 1 heterocycles. The molecule has 8 nitrogen and oxygen atoms in total. The second-order valence-corrected chi connectivity index (χ2v) is 11.5. The molecule has 0 aliphatic rings. The summed E-state index contributed by atoms with van der Waals surface area (Å²) >= 11 is 0. The van der Waals surface area contributed by atoms with E-state index in [1.807, 2.05) is 85.8 Å². The molecular weight excluding hydrogens is 604 g/mol. The van der Waals surface area contributed by atoms with Crippen molar-refractivity contribution in [2.24, 2.45) is 5.92 Å². The fourth-order valence-corrected chi connectivity index (χ4v) is 4.99. The number of hydrogen-bond acceptors (Lipinski definition) is 6. The van der Waals surface area contributed by atoms with Gasteiger partial charge in [-0.25, -0.2) is 0 Å². The fraction of sp³-hybridized carbons (Fsp3) is 0.300. The molecule has 0 bridgehead atoms. The fourth-order valence-electron chi connectivity index (χ4n) is 4.99. The Balaban J connectivity index is 0.00000307. The number of carbonyl (C=O) groups is 4. The van der Waals surface area contributed by atoms with E-state index < -0.39 is 6.04 Å². The predicted octanol–water partition coefficient (Wildman–Crippen LogP) is 7.18. The first-order valence-electron chi connectivity index (χ1n) is 16.3. The normalized spacial score (nSPS) is 11.7. The van der Waals surface area contributed by atoms with Crippen molar-refractivity contribution < 1.29 is 28.7 Å². The van der Waals surface area contributed by atoms with Gasteiger partial charge in [0, 0.05) is 19.3 Å². The van der Waals surface area contributed by atoms with E-state index in [-0.39, 0.29) is 23.4 Å². The molecule has 252 valence electrons. The highest BCUT2D eigenvalue weighted by molar-refractivity contribution is 5.98. The second-order valence-electron chi connectivity index (χ2n) is 11.5. The molecule has 8 heteroatoms. The van der Waals surface area contributed by atoms with Gasteiger partial charge in [0.1, 0.15) is 17.8 Å². The number of aromatic nitrogens is 1. The Labute approximate surface area is 283 Å². The standard InChI is InChI=1S/C38H42N2O6.C2H4/c1-27(38(44)39-32(26-41)25-30-8-4-3-5-9-30)24-31-12-17-34(18-13-31)46-23-7-6-22-45-33-15-10-29(11-16-33)14-21-37(43)36-20-19-35(40-36)28(2)42;1-2/h3-5,8-13,15-20,26-27,32,40H,6-7,14,21-25H2,1-2H3,(H,39,44);1-2H2/t27-,32?;/m0./s1. The maximum atomic E-state index is 12.7. The molecule has 1 aromatic heterocycles. The Morgan fingerprint density at radius 1 is 0.750 bits per heavy atom. The van der Waals surface area contributed by atoms with Crippen molar-refractivity contribution >= 4 is 23.8 Å². The maximum Gasteiger partial charge on any atom is 0.223 e. The molecule has 48 heavy (non-hydrogen) atoms. The summed E-state index contributed by atoms with van der Waals surface area (Å²) < 4.78 is 11.7. The van der Waals surface area contributed by atoms with Crippen LogP contribution in [0.4, 0.5) is 0 Å². The van der Waals surface area contributed by atoms with Crippen molar-refractivity contribution in [3.8, 4) is 11.5 Å². The van der Waals surface area contributed by atoms with Crippen molar-refractivity contribution in [3.05, 3.63) is 132 Å². The SMILES string of the molecule is C=C.CC(=O)c1ccc(C(=O)CCc2ccc(OCCCCOc3ccc(C[C@H](C)C(=O)NC(C=O)Cc4ccccc4)cc3)cc2)[nH]1. The van der Waals surface area contributed by atoms with E-state index in [0.717, 1.165) is 47.3 Å². The van der Waals surface area contributed by atoms with Crippen LogP contribution >= 0.6 is 0 Å². The number of unbranched alkanes of at least 4 members (excludes halogenated alkanes) is 1. The zero-order chi connectivity index (χ0) is 34.7. The molecule has 0 spiro atoms. The van der Waals surface area contributed by atoms with E-state index in [0.29, 0.717) is 50.3 Å². The number of ether oxygens (including phenoxy) is 2. The zero-order valence-corrected chi connectivity index (χ0v) is 27.9. The third-order valence-corrected chi connectivity index (χ3v) is 7.71. The third-order valence-electron chi connectivity index (χ3n) is 7.71. The van der Waals surface area contributed by atoms with E-state index in [2.05, 4.69) is 23.5 Å². The number of aromatic amines is 1. The molecule has 3 aromatic carbocycles. The van der Waals surface area contributed by atoms with Gasteiger partial charge in [-0.15, -0.1) is 13.2 Å². The summed E-state index contributed by atoms with van der Waals surface area (Å²) in [7, 11) is 0. The molecule has 1 amide bonds. The third kappa shape index (κ3) is 12.5. The Hall–Kier alpha value is -5.24. The molecule has 4 aromatic rings. The molecule has 0 aliphatic carbocycles. The van der Waals surface area contributed by atoms with Crippen molar-refractivity contribution in [2.45, 2.75) is 58.4 Å². The van der Waals surface area contributed by atoms with Crippen LogP contribution in [-0.2, 0) is 28.9 Å². The van der Waals surface area contributed by atoms with Crippen molar-refractivity contribution in [3.63, 3.8) is 0 Å². The smallest absolute Gasteiger partial charge is 0.223 e. The molecule has 1 unspecified atom stereocenters. The Morgan fingerprint density at radius 2 is 1.29 bits per heavy atom.